The van der Waals surface area contributed by atoms with Crippen molar-refractivity contribution in [3.63, 3.8) is 0 Å². The monoisotopic (exact) mass is 239 g/mol. The van der Waals surface area contributed by atoms with E-state index in [9.17, 15) is 4.79 Å². The summed E-state index contributed by atoms with van der Waals surface area (Å²) in [5, 5.41) is 2.65. The minimum Gasteiger partial charge on any atom is -0.480 e. The number of carbonyl (C=O) groups is 1. The number of hydrogen-bond acceptors (Lipinski definition) is 4. The molecule has 86 valence electrons. The summed E-state index contributed by atoms with van der Waals surface area (Å²) < 4.78 is 4.97. The standard InChI is InChI=1S/C10H13N3O2S/c1-6(8(11)16)13-9(14)7-4-3-5-12-10(7)15-2/h3-6H,1-2H3,(H2,11,16)(H,13,14). The zero-order chi connectivity index (χ0) is 12.1. The van der Waals surface area contributed by atoms with Crippen LogP contribution in [0.3, 0.4) is 0 Å². The average Bonchev–Trinajstić information content (AvgIpc) is 2.28. The van der Waals surface area contributed by atoms with Crippen LogP contribution in [0.1, 0.15) is 17.3 Å². The van der Waals surface area contributed by atoms with Crippen molar-refractivity contribution in [3.05, 3.63) is 23.9 Å². The number of pyridine rings is 1. The van der Waals surface area contributed by atoms with Crippen LogP contribution in [-0.4, -0.2) is 29.0 Å². The lowest BCUT2D eigenvalue weighted by molar-refractivity contribution is 0.0945. The Labute approximate surface area is 99.0 Å². The number of ether oxygens (including phenoxy) is 1. The molecule has 3 N–H and O–H groups in total. The second-order valence-electron chi connectivity index (χ2n) is 3.16. The number of nitrogens with zero attached hydrogens (tertiary/aromatic N) is 1. The van der Waals surface area contributed by atoms with Crippen LogP contribution in [0.5, 0.6) is 5.88 Å². The van der Waals surface area contributed by atoms with Crippen molar-refractivity contribution in [1.29, 1.82) is 0 Å². The van der Waals surface area contributed by atoms with Crippen LogP contribution < -0.4 is 15.8 Å². The van der Waals surface area contributed by atoms with E-state index in [0.717, 1.165) is 0 Å². The summed E-state index contributed by atoms with van der Waals surface area (Å²) in [5.41, 5.74) is 5.76. The van der Waals surface area contributed by atoms with Crippen LogP contribution in [0, 0.1) is 0 Å². The van der Waals surface area contributed by atoms with Crippen LogP contribution in [0.25, 0.3) is 0 Å². The molecular weight excluding hydrogens is 226 g/mol. The molecule has 0 aliphatic carbocycles. The van der Waals surface area contributed by atoms with Crippen molar-refractivity contribution in [1.82, 2.24) is 10.3 Å². The molecule has 0 saturated heterocycles. The molecule has 0 radical (unpaired) electrons. The first kappa shape index (κ1) is 12.4. The third-order valence-corrected chi connectivity index (χ3v) is 2.34. The van der Waals surface area contributed by atoms with E-state index in [0.29, 0.717) is 5.56 Å². The highest BCUT2D eigenvalue weighted by Gasteiger charge is 2.15. The van der Waals surface area contributed by atoms with Gasteiger partial charge in [0.05, 0.1) is 18.1 Å². The summed E-state index contributed by atoms with van der Waals surface area (Å²) in [6.45, 7) is 1.71. The lowest BCUT2D eigenvalue weighted by Crippen LogP contribution is -2.41. The van der Waals surface area contributed by atoms with E-state index in [1.807, 2.05) is 0 Å². The van der Waals surface area contributed by atoms with Crippen LogP contribution in [0.4, 0.5) is 0 Å². The molecule has 0 spiro atoms. The van der Waals surface area contributed by atoms with Gasteiger partial charge in [-0.25, -0.2) is 4.98 Å². The van der Waals surface area contributed by atoms with Gasteiger partial charge in [-0.15, -0.1) is 0 Å². The first-order chi connectivity index (χ1) is 7.56. The van der Waals surface area contributed by atoms with Gasteiger partial charge in [0.2, 0.25) is 5.88 Å². The molecule has 1 atom stereocenters. The first-order valence-corrected chi connectivity index (χ1v) is 5.06. The predicted octanol–water partition coefficient (Wildman–Crippen LogP) is 0.495. The van der Waals surface area contributed by atoms with Crippen molar-refractivity contribution in [2.45, 2.75) is 13.0 Å². The summed E-state index contributed by atoms with van der Waals surface area (Å²) in [6, 6.07) is 2.91. The Kier molecular flexibility index (Phi) is 4.19. The maximum Gasteiger partial charge on any atom is 0.257 e. The molecule has 1 amide bonds. The van der Waals surface area contributed by atoms with Gasteiger partial charge < -0.3 is 15.8 Å². The highest BCUT2D eigenvalue weighted by atomic mass is 32.1. The van der Waals surface area contributed by atoms with E-state index in [1.54, 1.807) is 25.3 Å². The number of aromatic nitrogens is 1. The van der Waals surface area contributed by atoms with E-state index in [2.05, 4.69) is 10.3 Å². The zero-order valence-electron chi connectivity index (χ0n) is 9.06. The van der Waals surface area contributed by atoms with E-state index in [4.69, 9.17) is 22.7 Å². The molecule has 6 heteroatoms. The second-order valence-corrected chi connectivity index (χ2v) is 3.63. The van der Waals surface area contributed by atoms with E-state index >= 15 is 0 Å². The fourth-order valence-corrected chi connectivity index (χ4v) is 1.13. The molecule has 1 rings (SSSR count). The van der Waals surface area contributed by atoms with Crippen LogP contribution in [0.2, 0.25) is 0 Å². The minimum atomic E-state index is -0.368. The van der Waals surface area contributed by atoms with E-state index in [-0.39, 0.29) is 22.8 Å². The molecular formula is C10H13N3O2S. The maximum atomic E-state index is 11.8. The molecule has 16 heavy (non-hydrogen) atoms. The number of amides is 1. The molecule has 0 aromatic carbocycles. The zero-order valence-corrected chi connectivity index (χ0v) is 9.88. The molecule has 0 saturated carbocycles. The van der Waals surface area contributed by atoms with Crippen LogP contribution in [0.15, 0.2) is 18.3 Å². The van der Waals surface area contributed by atoms with E-state index in [1.165, 1.54) is 7.11 Å². The quantitative estimate of drug-likeness (QED) is 0.748. The first-order valence-electron chi connectivity index (χ1n) is 4.65. The third kappa shape index (κ3) is 2.90. The highest BCUT2D eigenvalue weighted by molar-refractivity contribution is 7.80. The summed E-state index contributed by atoms with van der Waals surface area (Å²) in [4.78, 5) is 15.9. The Morgan fingerprint density at radius 1 is 1.69 bits per heavy atom. The lowest BCUT2D eigenvalue weighted by Gasteiger charge is -2.13. The van der Waals surface area contributed by atoms with Crippen molar-refractivity contribution in [3.8, 4) is 5.88 Å². The van der Waals surface area contributed by atoms with Gasteiger partial charge in [0.1, 0.15) is 5.56 Å². The number of nitrogens with two attached hydrogens (primary N) is 1. The molecule has 0 bridgehead atoms. The van der Waals surface area contributed by atoms with Crippen molar-refractivity contribution in [2.75, 3.05) is 7.11 Å². The molecule has 0 fully saturated rings. The Morgan fingerprint density at radius 2 is 2.38 bits per heavy atom. The summed E-state index contributed by atoms with van der Waals surface area (Å²) in [5.74, 6) is -0.0413. The Bertz CT molecular complexity index is 409. The lowest BCUT2D eigenvalue weighted by atomic mass is 10.2. The van der Waals surface area contributed by atoms with Crippen LogP contribution in [-0.2, 0) is 0 Å². The molecule has 1 aromatic heterocycles. The number of methoxy groups -OCH3 is 1. The fourth-order valence-electron chi connectivity index (χ4n) is 1.07. The fraction of sp³-hybridized carbons (Fsp3) is 0.300. The number of nitrogens with one attached hydrogen (secondary N) is 1. The number of carbonyl (C=O) groups excluding carboxylic acids is 1. The van der Waals surface area contributed by atoms with Crippen molar-refractivity contribution >= 4 is 23.1 Å². The highest BCUT2D eigenvalue weighted by Crippen LogP contribution is 2.13. The van der Waals surface area contributed by atoms with Gasteiger partial charge in [0, 0.05) is 6.20 Å². The topological polar surface area (TPSA) is 77.2 Å². The predicted molar refractivity (Wildman–Crippen MR) is 64.5 cm³/mol. The van der Waals surface area contributed by atoms with Gasteiger partial charge in [0.15, 0.2) is 0 Å². The Morgan fingerprint density at radius 3 is 2.94 bits per heavy atom. The largest absolute Gasteiger partial charge is 0.480 e. The Balaban J connectivity index is 2.84. The smallest absolute Gasteiger partial charge is 0.257 e. The Hall–Kier alpha value is -1.69. The van der Waals surface area contributed by atoms with Crippen molar-refractivity contribution in [2.24, 2.45) is 5.73 Å². The van der Waals surface area contributed by atoms with Crippen LogP contribution >= 0.6 is 12.2 Å². The number of hydrogen-bond donors (Lipinski definition) is 2. The van der Waals surface area contributed by atoms with Gasteiger partial charge in [-0.1, -0.05) is 12.2 Å². The average molecular weight is 239 g/mol. The maximum absolute atomic E-state index is 11.8. The molecule has 0 aliphatic rings. The summed E-state index contributed by atoms with van der Waals surface area (Å²) in [7, 11) is 1.45. The van der Waals surface area contributed by atoms with E-state index < -0.39 is 0 Å². The molecule has 5 nitrogen and oxygen atoms in total. The van der Waals surface area contributed by atoms with Crippen molar-refractivity contribution < 1.29 is 9.53 Å². The summed E-state index contributed by atoms with van der Waals surface area (Å²) >= 11 is 4.76. The SMILES string of the molecule is COc1ncccc1C(=O)NC(C)C(N)=S. The molecule has 1 heterocycles. The normalized spacial score (nSPS) is 11.6. The van der Waals surface area contributed by atoms with Gasteiger partial charge in [-0.3, -0.25) is 4.79 Å². The minimum absolute atomic E-state index is 0.233. The molecule has 1 aromatic rings. The van der Waals surface area contributed by atoms with Gasteiger partial charge in [0.25, 0.3) is 5.91 Å². The molecule has 0 aliphatic heterocycles. The third-order valence-electron chi connectivity index (χ3n) is 1.98. The number of thiocarbonyl (C=S) groups is 1. The van der Waals surface area contributed by atoms with Gasteiger partial charge in [-0.05, 0) is 19.1 Å². The second kappa shape index (κ2) is 5.41. The van der Waals surface area contributed by atoms with Gasteiger partial charge >= 0.3 is 0 Å². The number of rotatable bonds is 4. The summed E-state index contributed by atoms with van der Waals surface area (Å²) in [6.07, 6.45) is 1.55. The van der Waals surface area contributed by atoms with Gasteiger partial charge in [-0.2, -0.15) is 0 Å². The molecule has 1 unspecified atom stereocenters.